The van der Waals surface area contributed by atoms with Crippen LogP contribution in [0.3, 0.4) is 0 Å². The van der Waals surface area contributed by atoms with Crippen LogP contribution in [-0.2, 0) is 25.3 Å². The van der Waals surface area contributed by atoms with Crippen molar-refractivity contribution in [3.8, 4) is 0 Å². The molecule has 1 saturated heterocycles. The van der Waals surface area contributed by atoms with Crippen LogP contribution in [-0.4, -0.2) is 23.0 Å². The molecule has 2 amide bonds. The predicted molar refractivity (Wildman–Crippen MR) is 68.5 cm³/mol. The highest BCUT2D eigenvalue weighted by Gasteiger charge is 2.34. The van der Waals surface area contributed by atoms with Crippen LogP contribution >= 0.6 is 0 Å². The Morgan fingerprint density at radius 2 is 1.65 bits per heavy atom. The number of nitrogens with zero attached hydrogens (tertiary/aromatic N) is 1. The normalized spacial score (nSPS) is 16.4. The van der Waals surface area contributed by atoms with Gasteiger partial charge in [0, 0.05) is 12.8 Å². The maximum absolute atomic E-state index is 12.5. The summed E-state index contributed by atoms with van der Waals surface area (Å²) >= 11 is 0. The molecule has 1 aromatic rings. The summed E-state index contributed by atoms with van der Waals surface area (Å²) in [6.45, 7) is 1.41. The minimum absolute atomic E-state index is 0.0550. The molecule has 0 saturated carbocycles. The summed E-state index contributed by atoms with van der Waals surface area (Å²) in [6.07, 6.45) is -6.78. The molecule has 1 unspecified atom stereocenters. The second-order valence-corrected chi connectivity index (χ2v) is 4.80. The smallest absolute Gasteiger partial charge is 0.425 e. The van der Waals surface area contributed by atoms with Crippen LogP contribution in [0.15, 0.2) is 24.3 Å². The molecule has 9 heteroatoms. The van der Waals surface area contributed by atoms with Gasteiger partial charge < -0.3 is 4.74 Å². The van der Waals surface area contributed by atoms with Crippen molar-refractivity contribution in [1.82, 2.24) is 5.06 Å². The van der Waals surface area contributed by atoms with E-state index in [-0.39, 0.29) is 12.8 Å². The lowest BCUT2D eigenvalue weighted by Crippen LogP contribution is -2.32. The minimum Gasteiger partial charge on any atom is -0.425 e. The van der Waals surface area contributed by atoms with Crippen LogP contribution in [0, 0.1) is 0 Å². The molecule has 1 aliphatic heterocycles. The molecule has 6 nitrogen and oxygen atoms in total. The van der Waals surface area contributed by atoms with E-state index >= 15 is 0 Å². The summed E-state index contributed by atoms with van der Waals surface area (Å²) in [7, 11) is 0. The van der Waals surface area contributed by atoms with Crippen LogP contribution in [0.2, 0.25) is 0 Å². The Hall–Kier alpha value is -2.58. The third-order valence-corrected chi connectivity index (χ3v) is 3.15. The Kier molecular flexibility index (Phi) is 4.57. The van der Waals surface area contributed by atoms with Gasteiger partial charge in [0.25, 0.3) is 11.8 Å². The van der Waals surface area contributed by atoms with Gasteiger partial charge in [-0.3, -0.25) is 14.4 Å². The summed E-state index contributed by atoms with van der Waals surface area (Å²) in [5.41, 5.74) is -0.529. The van der Waals surface area contributed by atoms with Gasteiger partial charge in [0.15, 0.2) is 0 Å². The van der Waals surface area contributed by atoms with E-state index in [1.807, 2.05) is 0 Å². The third kappa shape index (κ3) is 3.99. The average Bonchev–Trinajstić information content (AvgIpc) is 2.78. The number of hydrogen-bond donors (Lipinski definition) is 0. The zero-order valence-corrected chi connectivity index (χ0v) is 11.9. The third-order valence-electron chi connectivity index (χ3n) is 3.15. The molecule has 124 valence electrons. The maximum Gasteiger partial charge on any atom is 0.534 e. The van der Waals surface area contributed by atoms with E-state index in [2.05, 4.69) is 4.84 Å². The van der Waals surface area contributed by atoms with Gasteiger partial charge in [0.1, 0.15) is 6.10 Å². The van der Waals surface area contributed by atoms with Crippen molar-refractivity contribution in [1.29, 1.82) is 0 Å². The quantitative estimate of drug-likeness (QED) is 0.629. The van der Waals surface area contributed by atoms with E-state index < -0.39 is 35.8 Å². The molecular formula is C14H12F3NO5. The first kappa shape index (κ1) is 16.8. The van der Waals surface area contributed by atoms with Gasteiger partial charge in [0.05, 0.1) is 5.56 Å². The van der Waals surface area contributed by atoms with E-state index in [9.17, 15) is 27.6 Å². The van der Waals surface area contributed by atoms with Gasteiger partial charge in [-0.25, -0.2) is 4.79 Å². The van der Waals surface area contributed by atoms with Crippen molar-refractivity contribution in [2.24, 2.45) is 0 Å². The molecule has 0 aliphatic carbocycles. The van der Waals surface area contributed by atoms with Gasteiger partial charge in [-0.05, 0) is 24.6 Å². The number of hydroxylamine groups is 2. The number of halogens is 3. The zero-order valence-electron chi connectivity index (χ0n) is 11.9. The number of hydrogen-bond acceptors (Lipinski definition) is 5. The average molecular weight is 331 g/mol. The summed E-state index contributed by atoms with van der Waals surface area (Å²) in [5, 5.41) is 0.321. The molecule has 1 aliphatic rings. The fraction of sp³-hybridized carbons (Fsp3) is 0.357. The zero-order chi connectivity index (χ0) is 17.2. The monoisotopic (exact) mass is 331 g/mol. The summed E-state index contributed by atoms with van der Waals surface area (Å²) in [5.74, 6) is -1.32. The molecule has 1 atom stereocenters. The molecule has 1 heterocycles. The van der Waals surface area contributed by atoms with Crippen molar-refractivity contribution < 1.29 is 37.1 Å². The number of carbonyl (C=O) groups excluding carboxylic acids is 3. The van der Waals surface area contributed by atoms with Crippen LogP contribution in [0.4, 0.5) is 18.0 Å². The van der Waals surface area contributed by atoms with Crippen molar-refractivity contribution in [2.45, 2.75) is 32.0 Å². The van der Waals surface area contributed by atoms with Crippen molar-refractivity contribution in [3.05, 3.63) is 35.4 Å². The lowest BCUT2D eigenvalue weighted by atomic mass is 10.1. The Morgan fingerprint density at radius 1 is 1.13 bits per heavy atom. The number of imide groups is 1. The highest BCUT2D eigenvalue weighted by atomic mass is 19.4. The largest absolute Gasteiger partial charge is 0.534 e. The fourth-order valence-electron chi connectivity index (χ4n) is 1.91. The molecule has 0 spiro atoms. The van der Waals surface area contributed by atoms with Gasteiger partial charge >= 0.3 is 12.3 Å². The van der Waals surface area contributed by atoms with Gasteiger partial charge in [-0.15, -0.1) is 0 Å². The molecule has 0 N–H and O–H groups in total. The molecule has 1 fully saturated rings. The number of carbonyl (C=O) groups is 3. The van der Waals surface area contributed by atoms with Gasteiger partial charge in [-0.2, -0.15) is 13.2 Å². The van der Waals surface area contributed by atoms with Gasteiger partial charge in [0.2, 0.25) is 0 Å². The first-order chi connectivity index (χ1) is 10.7. The van der Waals surface area contributed by atoms with Crippen molar-refractivity contribution in [2.75, 3.05) is 0 Å². The second kappa shape index (κ2) is 6.27. The van der Waals surface area contributed by atoms with Crippen molar-refractivity contribution in [3.63, 3.8) is 0 Å². The van der Waals surface area contributed by atoms with E-state index in [1.54, 1.807) is 0 Å². The molecule has 0 aromatic heterocycles. The maximum atomic E-state index is 12.5. The Morgan fingerprint density at radius 3 is 2.13 bits per heavy atom. The van der Waals surface area contributed by atoms with Crippen LogP contribution in [0.25, 0.3) is 0 Å². The Balaban J connectivity index is 1.96. The highest BCUT2D eigenvalue weighted by molar-refractivity contribution is 6.01. The predicted octanol–water partition coefficient (Wildman–Crippen LogP) is 2.98. The standard InChI is InChI=1S/C14H12F3NO5/c1-8(9-2-4-10(5-3-9)14(15,16)17)22-13(21)23-18-11(19)6-7-12(18)20/h2-5,8H,6-7H2,1H3. The van der Waals surface area contributed by atoms with E-state index in [0.717, 1.165) is 24.3 Å². The highest BCUT2D eigenvalue weighted by Crippen LogP contribution is 2.30. The lowest BCUT2D eigenvalue weighted by molar-refractivity contribution is -0.178. The number of amides is 2. The summed E-state index contributed by atoms with van der Waals surface area (Å²) < 4.78 is 42.2. The van der Waals surface area contributed by atoms with Gasteiger partial charge in [-0.1, -0.05) is 17.2 Å². The number of benzene rings is 1. The molecule has 0 radical (unpaired) electrons. The van der Waals surface area contributed by atoms with E-state index in [0.29, 0.717) is 10.6 Å². The van der Waals surface area contributed by atoms with E-state index in [4.69, 9.17) is 4.74 Å². The number of alkyl halides is 3. The SMILES string of the molecule is CC(OC(=O)ON1C(=O)CCC1=O)c1ccc(C(F)(F)F)cc1. The molecule has 2 rings (SSSR count). The molecule has 23 heavy (non-hydrogen) atoms. The molecule has 0 bridgehead atoms. The fourth-order valence-corrected chi connectivity index (χ4v) is 1.91. The topological polar surface area (TPSA) is 72.9 Å². The van der Waals surface area contributed by atoms with E-state index in [1.165, 1.54) is 6.92 Å². The Labute approximate surface area is 128 Å². The summed E-state index contributed by atoms with van der Waals surface area (Å²) in [6, 6.07) is 4.03. The summed E-state index contributed by atoms with van der Waals surface area (Å²) in [4.78, 5) is 38.6. The lowest BCUT2D eigenvalue weighted by Gasteiger charge is -2.17. The number of ether oxygens (including phenoxy) is 1. The van der Waals surface area contributed by atoms with Crippen molar-refractivity contribution >= 4 is 18.0 Å². The second-order valence-electron chi connectivity index (χ2n) is 4.80. The molecule has 1 aromatic carbocycles. The van der Waals surface area contributed by atoms with Crippen LogP contribution in [0.5, 0.6) is 0 Å². The first-order valence-electron chi connectivity index (χ1n) is 6.60. The minimum atomic E-state index is -4.46. The van der Waals surface area contributed by atoms with Crippen LogP contribution < -0.4 is 0 Å². The van der Waals surface area contributed by atoms with Crippen LogP contribution in [0.1, 0.15) is 37.0 Å². The Bertz CT molecular complexity index is 610. The number of rotatable bonds is 3. The first-order valence-corrected chi connectivity index (χ1v) is 6.60. The molecular weight excluding hydrogens is 319 g/mol.